The highest BCUT2D eigenvalue weighted by Crippen LogP contribution is 2.69. The second-order valence-electron chi connectivity index (χ2n) is 9.54. The summed E-state index contributed by atoms with van der Waals surface area (Å²) in [6, 6.07) is 11.6. The number of benzene rings is 1. The molecular weight excluding hydrogens is 348 g/mol. The third kappa shape index (κ3) is 1.71. The summed E-state index contributed by atoms with van der Waals surface area (Å²) in [6.07, 6.45) is 1.92. The van der Waals surface area contributed by atoms with Gasteiger partial charge in [0.2, 0.25) is 0 Å². The summed E-state index contributed by atoms with van der Waals surface area (Å²) in [4.78, 5) is 10.1. The SMILES string of the molecule is Cc1cccc2c1N1C(C)c3sc4ncccc4c3C1(C)C(C)(C)C2(C)C. The fourth-order valence-corrected chi connectivity index (χ4v) is 7.12. The minimum atomic E-state index is -0.0777. The molecule has 2 aromatic heterocycles. The molecule has 0 spiro atoms. The Kier molecular flexibility index (Phi) is 3.15. The van der Waals surface area contributed by atoms with Crippen molar-refractivity contribution >= 4 is 27.2 Å². The molecule has 2 nitrogen and oxygen atoms in total. The van der Waals surface area contributed by atoms with E-state index in [2.05, 4.69) is 83.7 Å². The lowest BCUT2D eigenvalue weighted by Gasteiger charge is -2.62. The van der Waals surface area contributed by atoms with E-state index in [0.717, 1.165) is 0 Å². The molecule has 0 N–H and O–H groups in total. The summed E-state index contributed by atoms with van der Waals surface area (Å²) in [7, 11) is 0. The molecule has 4 heterocycles. The second kappa shape index (κ2) is 4.94. The second-order valence-corrected chi connectivity index (χ2v) is 10.6. The summed E-state index contributed by atoms with van der Waals surface area (Å²) in [5.74, 6) is 0. The molecule has 3 heteroatoms. The van der Waals surface area contributed by atoms with Crippen LogP contribution in [-0.2, 0) is 11.0 Å². The molecule has 1 aromatic carbocycles. The van der Waals surface area contributed by atoms with Crippen LogP contribution in [0.5, 0.6) is 0 Å². The van der Waals surface area contributed by atoms with Gasteiger partial charge in [-0.25, -0.2) is 4.98 Å². The first kappa shape index (κ1) is 17.2. The van der Waals surface area contributed by atoms with Gasteiger partial charge in [-0.2, -0.15) is 0 Å². The predicted molar refractivity (Wildman–Crippen MR) is 116 cm³/mol. The predicted octanol–water partition coefficient (Wildman–Crippen LogP) is 6.72. The van der Waals surface area contributed by atoms with Crippen LogP contribution in [-0.4, -0.2) is 4.98 Å². The smallest absolute Gasteiger partial charge is 0.123 e. The lowest BCUT2D eigenvalue weighted by molar-refractivity contribution is 0.0660. The van der Waals surface area contributed by atoms with E-state index in [4.69, 9.17) is 4.98 Å². The van der Waals surface area contributed by atoms with Gasteiger partial charge in [-0.3, -0.25) is 0 Å². The van der Waals surface area contributed by atoms with Gasteiger partial charge in [-0.05, 0) is 43.4 Å². The van der Waals surface area contributed by atoms with E-state index < -0.39 is 0 Å². The van der Waals surface area contributed by atoms with E-state index >= 15 is 0 Å². The van der Waals surface area contributed by atoms with Crippen molar-refractivity contribution in [3.8, 4) is 0 Å². The van der Waals surface area contributed by atoms with Crippen LogP contribution in [0.25, 0.3) is 10.2 Å². The number of para-hydroxylation sites is 1. The van der Waals surface area contributed by atoms with Gasteiger partial charge in [-0.1, -0.05) is 52.0 Å². The van der Waals surface area contributed by atoms with Crippen LogP contribution in [0.2, 0.25) is 0 Å². The van der Waals surface area contributed by atoms with Crippen LogP contribution in [0.4, 0.5) is 5.69 Å². The Morgan fingerprint density at radius 3 is 2.52 bits per heavy atom. The molecule has 2 aliphatic heterocycles. The first-order chi connectivity index (χ1) is 12.6. The molecule has 3 aromatic rings. The molecule has 140 valence electrons. The molecule has 27 heavy (non-hydrogen) atoms. The molecule has 0 bridgehead atoms. The number of aryl methyl sites for hydroxylation is 1. The molecule has 0 fully saturated rings. The maximum atomic E-state index is 4.69. The Morgan fingerprint density at radius 2 is 1.78 bits per heavy atom. The Bertz CT molecular complexity index is 1090. The number of thiophene rings is 1. The van der Waals surface area contributed by atoms with Crippen molar-refractivity contribution in [1.29, 1.82) is 0 Å². The molecule has 5 rings (SSSR count). The van der Waals surface area contributed by atoms with E-state index in [0.29, 0.717) is 6.04 Å². The molecule has 0 saturated heterocycles. The van der Waals surface area contributed by atoms with Gasteiger partial charge in [0.25, 0.3) is 0 Å². The minimum absolute atomic E-state index is 0.0458. The normalized spacial score (nSPS) is 27.4. The molecule has 0 saturated carbocycles. The lowest BCUT2D eigenvalue weighted by atomic mass is 9.51. The van der Waals surface area contributed by atoms with E-state index in [1.807, 2.05) is 17.5 Å². The summed E-state index contributed by atoms with van der Waals surface area (Å²) >= 11 is 1.89. The molecule has 0 amide bonds. The van der Waals surface area contributed by atoms with Crippen LogP contribution in [0.3, 0.4) is 0 Å². The average Bonchev–Trinajstić information content (AvgIpc) is 3.10. The minimum Gasteiger partial charge on any atom is -0.353 e. The molecule has 2 unspecified atom stereocenters. The Balaban J connectivity index is 1.95. The highest BCUT2D eigenvalue weighted by atomic mass is 32.1. The maximum absolute atomic E-state index is 4.69. The van der Waals surface area contributed by atoms with Crippen LogP contribution in [0, 0.1) is 12.3 Å². The zero-order valence-electron chi connectivity index (χ0n) is 17.3. The van der Waals surface area contributed by atoms with Crippen LogP contribution in [0.15, 0.2) is 36.5 Å². The number of hydrogen-bond donors (Lipinski definition) is 0. The first-order valence-corrected chi connectivity index (χ1v) is 10.7. The van der Waals surface area contributed by atoms with Crippen LogP contribution in [0.1, 0.15) is 69.2 Å². The summed E-state index contributed by atoms with van der Waals surface area (Å²) in [5.41, 5.74) is 5.83. The number of aromatic nitrogens is 1. The van der Waals surface area contributed by atoms with E-state index in [1.165, 1.54) is 37.5 Å². The molecule has 0 radical (unpaired) electrons. The van der Waals surface area contributed by atoms with Gasteiger partial charge in [0.1, 0.15) is 4.83 Å². The number of fused-ring (bicyclic) bond motifs is 7. The molecular formula is C24H28N2S. The fourth-order valence-electron chi connectivity index (χ4n) is 5.83. The van der Waals surface area contributed by atoms with E-state index in [-0.39, 0.29) is 16.4 Å². The summed E-state index contributed by atoms with van der Waals surface area (Å²) < 4.78 is 0. The molecule has 2 aliphatic rings. The van der Waals surface area contributed by atoms with Gasteiger partial charge < -0.3 is 4.90 Å². The Labute approximate surface area is 166 Å². The zero-order valence-corrected chi connectivity index (χ0v) is 18.2. The van der Waals surface area contributed by atoms with Crippen molar-refractivity contribution in [2.24, 2.45) is 5.41 Å². The van der Waals surface area contributed by atoms with E-state index in [1.54, 1.807) is 0 Å². The van der Waals surface area contributed by atoms with Gasteiger partial charge >= 0.3 is 0 Å². The third-order valence-electron chi connectivity index (χ3n) is 8.16. The number of rotatable bonds is 0. The van der Waals surface area contributed by atoms with Gasteiger partial charge in [-0.15, -0.1) is 11.3 Å². The van der Waals surface area contributed by atoms with Crippen molar-refractivity contribution in [2.45, 2.75) is 65.5 Å². The van der Waals surface area contributed by atoms with Crippen molar-refractivity contribution in [3.05, 3.63) is 58.1 Å². The first-order valence-electron chi connectivity index (χ1n) is 9.91. The molecule has 0 aliphatic carbocycles. The average molecular weight is 377 g/mol. The summed E-state index contributed by atoms with van der Waals surface area (Å²) in [5, 5.41) is 1.34. The van der Waals surface area contributed by atoms with Crippen molar-refractivity contribution < 1.29 is 0 Å². The van der Waals surface area contributed by atoms with Crippen molar-refractivity contribution in [2.75, 3.05) is 4.90 Å². The Morgan fingerprint density at radius 1 is 1.04 bits per heavy atom. The van der Waals surface area contributed by atoms with Gasteiger partial charge in [0.15, 0.2) is 0 Å². The number of hydrogen-bond acceptors (Lipinski definition) is 3. The van der Waals surface area contributed by atoms with Crippen molar-refractivity contribution in [3.63, 3.8) is 0 Å². The molecule has 2 atom stereocenters. The fraction of sp³-hybridized carbons (Fsp3) is 0.458. The number of nitrogens with zero attached hydrogens (tertiary/aromatic N) is 2. The maximum Gasteiger partial charge on any atom is 0.123 e. The third-order valence-corrected chi connectivity index (χ3v) is 9.44. The number of anilines is 1. The lowest BCUT2D eigenvalue weighted by Crippen LogP contribution is -2.62. The van der Waals surface area contributed by atoms with E-state index in [9.17, 15) is 0 Å². The largest absolute Gasteiger partial charge is 0.353 e. The highest BCUT2D eigenvalue weighted by Gasteiger charge is 2.64. The quantitative estimate of drug-likeness (QED) is 0.433. The van der Waals surface area contributed by atoms with Gasteiger partial charge in [0, 0.05) is 33.1 Å². The van der Waals surface area contributed by atoms with Gasteiger partial charge in [0.05, 0.1) is 11.6 Å². The van der Waals surface area contributed by atoms with Crippen molar-refractivity contribution in [1.82, 2.24) is 4.98 Å². The highest BCUT2D eigenvalue weighted by molar-refractivity contribution is 7.19. The van der Waals surface area contributed by atoms with Crippen LogP contribution < -0.4 is 4.90 Å². The zero-order chi connectivity index (χ0) is 19.4. The Hall–Kier alpha value is -1.87. The number of pyridine rings is 1. The monoisotopic (exact) mass is 376 g/mol. The topological polar surface area (TPSA) is 16.1 Å². The summed E-state index contributed by atoms with van der Waals surface area (Å²) in [6.45, 7) is 16.9. The van der Waals surface area contributed by atoms with Crippen LogP contribution >= 0.6 is 11.3 Å². The standard InChI is InChI=1S/C24H28N2S/c1-14-10-8-12-17-19(14)26-15(2)20-18(16-11-9-13-25-21(16)27-20)24(26,7)23(5,6)22(17,3)4/h8-13,15H,1-7H3.